The van der Waals surface area contributed by atoms with Gasteiger partial charge in [0.05, 0.1) is 6.26 Å². The third-order valence-corrected chi connectivity index (χ3v) is 1.09. The van der Waals surface area contributed by atoms with Gasteiger partial charge in [-0.25, -0.2) is 9.59 Å². The minimum atomic E-state index is -1.38. The number of hydrogen-bond acceptors (Lipinski definition) is 3. The van der Waals surface area contributed by atoms with Gasteiger partial charge < -0.3 is 17.5 Å². The number of carbonyl (C=O) groups is 2. The topological polar surface area (TPSA) is 87.7 Å². The average molecular weight is 182 g/mol. The van der Waals surface area contributed by atoms with E-state index < -0.39 is 17.7 Å². The first kappa shape index (κ1) is 11.0. The molecule has 0 amide bonds. The molecule has 5 nitrogen and oxygen atoms in total. The van der Waals surface area contributed by atoms with Crippen LogP contribution in [0.1, 0.15) is 23.8 Å². The molecule has 1 aromatic heterocycles. The monoisotopic (exact) mass is 182 g/mol. The van der Waals surface area contributed by atoms with Gasteiger partial charge in [0.1, 0.15) is 5.56 Å². The van der Waals surface area contributed by atoms with E-state index in [4.69, 9.17) is 10.2 Å². The Labute approximate surface area is 86.1 Å². The molecule has 0 aliphatic rings. The second-order valence-corrected chi connectivity index (χ2v) is 1.77. The molecular formula is C6H6MgO5. The first-order chi connectivity index (χ1) is 5.13. The van der Waals surface area contributed by atoms with Crippen molar-refractivity contribution in [3.63, 3.8) is 0 Å². The molecule has 0 aliphatic heterocycles. The van der Waals surface area contributed by atoms with Crippen molar-refractivity contribution in [3.8, 4) is 0 Å². The number of rotatable bonds is 2. The molecule has 0 bridgehead atoms. The van der Waals surface area contributed by atoms with E-state index in [9.17, 15) is 9.59 Å². The van der Waals surface area contributed by atoms with Crippen molar-refractivity contribution in [2.75, 3.05) is 0 Å². The van der Waals surface area contributed by atoms with Gasteiger partial charge in [-0.1, -0.05) is 0 Å². The first-order valence-electron chi connectivity index (χ1n) is 2.67. The van der Waals surface area contributed by atoms with Gasteiger partial charge in [-0.05, 0) is 6.07 Å². The van der Waals surface area contributed by atoms with E-state index in [1.165, 1.54) is 0 Å². The van der Waals surface area contributed by atoms with Crippen LogP contribution in [0.3, 0.4) is 0 Å². The van der Waals surface area contributed by atoms with Gasteiger partial charge in [-0.3, -0.25) is 0 Å². The zero-order chi connectivity index (χ0) is 8.43. The molecule has 6 heteroatoms. The fraction of sp³-hybridized carbons (Fsp3) is 0. The molecule has 0 saturated carbocycles. The van der Waals surface area contributed by atoms with Crippen LogP contribution in [0.5, 0.6) is 0 Å². The van der Waals surface area contributed by atoms with Crippen LogP contribution in [-0.4, -0.2) is 45.2 Å². The van der Waals surface area contributed by atoms with Crippen molar-refractivity contribution in [1.82, 2.24) is 0 Å². The van der Waals surface area contributed by atoms with Crippen LogP contribution in [0, 0.1) is 0 Å². The maximum Gasteiger partial charge on any atom is 2.00 e. The number of aromatic carboxylic acids is 2. The standard InChI is InChI=1S/C6H4O5.Mg.2H/c7-5(8)3-1-2-11-4(3)6(9)10;;;/h1-2H,(H,7,8)(H,9,10);;;/q;+2;2*-1. The van der Waals surface area contributed by atoms with Gasteiger partial charge in [0, 0.05) is 0 Å². The van der Waals surface area contributed by atoms with Crippen molar-refractivity contribution in [2.45, 2.75) is 0 Å². The molecule has 0 fully saturated rings. The van der Waals surface area contributed by atoms with E-state index in [1.807, 2.05) is 0 Å². The Morgan fingerprint density at radius 2 is 1.92 bits per heavy atom. The van der Waals surface area contributed by atoms with Crippen molar-refractivity contribution < 1.29 is 27.1 Å². The number of hydrogen-bond donors (Lipinski definition) is 2. The SMILES string of the molecule is O=C(O)c1ccoc1C(=O)O.[H-].[H-].[Mg+2]. The first-order valence-corrected chi connectivity index (χ1v) is 2.67. The van der Waals surface area contributed by atoms with Crippen LogP contribution in [0.15, 0.2) is 16.7 Å². The minimum Gasteiger partial charge on any atom is -1.00 e. The summed E-state index contributed by atoms with van der Waals surface area (Å²) < 4.78 is 4.41. The Balaban J connectivity index is -0.000000403. The molecular weight excluding hydrogens is 176 g/mol. The van der Waals surface area contributed by atoms with Gasteiger partial charge in [0.25, 0.3) is 0 Å². The summed E-state index contributed by atoms with van der Waals surface area (Å²) in [5.74, 6) is -3.24. The summed E-state index contributed by atoms with van der Waals surface area (Å²) in [6.07, 6.45) is 1.02. The predicted molar refractivity (Wildman–Crippen MR) is 40.6 cm³/mol. The summed E-state index contributed by atoms with van der Waals surface area (Å²) in [5.41, 5.74) is -0.336. The fourth-order valence-electron chi connectivity index (χ4n) is 0.643. The Kier molecular flexibility index (Phi) is 3.77. The van der Waals surface area contributed by atoms with Crippen LogP contribution < -0.4 is 0 Å². The van der Waals surface area contributed by atoms with Gasteiger partial charge in [0.15, 0.2) is 0 Å². The second-order valence-electron chi connectivity index (χ2n) is 1.77. The van der Waals surface area contributed by atoms with Crippen LogP contribution >= 0.6 is 0 Å². The summed E-state index contributed by atoms with van der Waals surface area (Å²) in [7, 11) is 0. The Bertz CT molecular complexity index is 282. The molecule has 1 rings (SSSR count). The summed E-state index contributed by atoms with van der Waals surface area (Å²) in [6, 6.07) is 1.09. The van der Waals surface area contributed by atoms with Gasteiger partial charge >= 0.3 is 35.0 Å². The molecule has 12 heavy (non-hydrogen) atoms. The zero-order valence-corrected chi connectivity index (χ0v) is 7.40. The van der Waals surface area contributed by atoms with Gasteiger partial charge in [-0.2, -0.15) is 0 Å². The predicted octanol–water partition coefficient (Wildman–Crippen LogP) is 0.520. The molecule has 0 spiro atoms. The Morgan fingerprint density at radius 3 is 2.25 bits per heavy atom. The second kappa shape index (κ2) is 4.12. The van der Waals surface area contributed by atoms with Crippen LogP contribution in [0.25, 0.3) is 0 Å². The summed E-state index contributed by atoms with van der Waals surface area (Å²) in [6.45, 7) is 0. The third-order valence-electron chi connectivity index (χ3n) is 1.09. The van der Waals surface area contributed by atoms with Crippen molar-refractivity contribution in [2.24, 2.45) is 0 Å². The van der Waals surface area contributed by atoms with Crippen molar-refractivity contribution in [1.29, 1.82) is 0 Å². The maximum atomic E-state index is 10.3. The molecule has 0 radical (unpaired) electrons. The molecule has 0 aromatic carbocycles. The average Bonchev–Trinajstić information content (AvgIpc) is 2.32. The minimum absolute atomic E-state index is 0. The Morgan fingerprint density at radius 1 is 1.33 bits per heavy atom. The van der Waals surface area contributed by atoms with Crippen LogP contribution in [0.2, 0.25) is 0 Å². The maximum absolute atomic E-state index is 10.3. The summed E-state index contributed by atoms with van der Waals surface area (Å²) in [4.78, 5) is 20.5. The quantitative estimate of drug-likeness (QED) is 0.651. The molecule has 1 aromatic rings. The smallest absolute Gasteiger partial charge is 1.00 e. The van der Waals surface area contributed by atoms with E-state index in [0.717, 1.165) is 12.3 Å². The van der Waals surface area contributed by atoms with Gasteiger partial charge in [-0.15, -0.1) is 0 Å². The van der Waals surface area contributed by atoms with Crippen LogP contribution in [0.4, 0.5) is 0 Å². The molecule has 0 unspecified atom stereocenters. The third kappa shape index (κ3) is 1.99. The Hall–Kier alpha value is -1.01. The normalized spacial score (nSPS) is 8.67. The number of furan rings is 1. The van der Waals surface area contributed by atoms with Gasteiger partial charge in [0.2, 0.25) is 5.76 Å². The summed E-state index contributed by atoms with van der Waals surface area (Å²) in [5, 5.41) is 16.7. The van der Waals surface area contributed by atoms with E-state index >= 15 is 0 Å². The van der Waals surface area contributed by atoms with Crippen LogP contribution in [-0.2, 0) is 0 Å². The summed E-state index contributed by atoms with van der Waals surface area (Å²) >= 11 is 0. The molecule has 62 valence electrons. The van der Waals surface area contributed by atoms with E-state index in [0.29, 0.717) is 0 Å². The number of carboxylic acid groups (broad SMARTS) is 2. The largest absolute Gasteiger partial charge is 2.00 e. The fourth-order valence-corrected chi connectivity index (χ4v) is 0.643. The van der Waals surface area contributed by atoms with Crippen molar-refractivity contribution >= 4 is 35.0 Å². The van der Waals surface area contributed by atoms with E-state index in [1.54, 1.807) is 0 Å². The van der Waals surface area contributed by atoms with E-state index in [2.05, 4.69) is 4.42 Å². The number of carboxylic acids is 2. The zero-order valence-electron chi connectivity index (χ0n) is 7.98. The molecule has 0 atom stereocenters. The molecule has 0 saturated heterocycles. The molecule has 2 N–H and O–H groups in total. The van der Waals surface area contributed by atoms with E-state index in [-0.39, 0.29) is 31.5 Å². The molecule has 0 aliphatic carbocycles. The van der Waals surface area contributed by atoms with Crippen molar-refractivity contribution in [3.05, 3.63) is 23.7 Å². The molecule has 1 heterocycles.